The van der Waals surface area contributed by atoms with Gasteiger partial charge in [0.05, 0.1) is 23.5 Å². The van der Waals surface area contributed by atoms with Crippen molar-refractivity contribution < 1.29 is 9.90 Å². The first-order valence-electron chi connectivity index (χ1n) is 5.41. The number of aryl methyl sites for hydroxylation is 1. The van der Waals surface area contributed by atoms with Gasteiger partial charge in [-0.05, 0) is 24.3 Å². The molecule has 0 fully saturated rings. The average Bonchev–Trinajstić information content (AvgIpc) is 2.72. The number of nitrogen functional groups attached to an aromatic ring is 1. The van der Waals surface area contributed by atoms with E-state index >= 15 is 0 Å². The van der Waals surface area contributed by atoms with E-state index in [2.05, 4.69) is 10.4 Å². The summed E-state index contributed by atoms with van der Waals surface area (Å²) >= 11 is 0. The predicted octanol–water partition coefficient (Wildman–Crippen LogP) is 1.31. The van der Waals surface area contributed by atoms with E-state index in [1.807, 2.05) is 19.3 Å². The molecule has 6 nitrogen and oxygen atoms in total. The minimum Gasteiger partial charge on any atom is -0.478 e. The number of hydrogen-bond donors (Lipinski definition) is 3. The van der Waals surface area contributed by atoms with Crippen LogP contribution in [0.25, 0.3) is 0 Å². The molecule has 0 amide bonds. The Bertz CT molecular complexity index is 577. The van der Waals surface area contributed by atoms with Gasteiger partial charge in [0, 0.05) is 18.9 Å². The summed E-state index contributed by atoms with van der Waals surface area (Å²) in [5.74, 6) is -0.987. The van der Waals surface area contributed by atoms with Gasteiger partial charge in [-0.3, -0.25) is 4.68 Å². The van der Waals surface area contributed by atoms with Crippen LogP contribution in [0.4, 0.5) is 11.4 Å². The number of rotatable bonds is 4. The van der Waals surface area contributed by atoms with Gasteiger partial charge in [-0.25, -0.2) is 4.79 Å². The third-order valence-electron chi connectivity index (χ3n) is 2.50. The van der Waals surface area contributed by atoms with Crippen LogP contribution in [0.1, 0.15) is 16.1 Å². The summed E-state index contributed by atoms with van der Waals surface area (Å²) in [6, 6.07) is 6.51. The molecule has 2 rings (SSSR count). The molecule has 0 aliphatic heterocycles. The zero-order chi connectivity index (χ0) is 13.1. The van der Waals surface area contributed by atoms with Crippen LogP contribution >= 0.6 is 0 Å². The van der Waals surface area contributed by atoms with Crippen LogP contribution in [0.3, 0.4) is 0 Å². The first kappa shape index (κ1) is 12.0. The number of benzene rings is 1. The van der Waals surface area contributed by atoms with Gasteiger partial charge in [0.1, 0.15) is 0 Å². The number of nitrogens with one attached hydrogen (secondary N) is 1. The molecular formula is C12H14N4O2. The molecule has 0 radical (unpaired) electrons. The van der Waals surface area contributed by atoms with E-state index < -0.39 is 5.97 Å². The number of aromatic carboxylic acids is 1. The van der Waals surface area contributed by atoms with Gasteiger partial charge in [0.2, 0.25) is 0 Å². The van der Waals surface area contributed by atoms with Gasteiger partial charge < -0.3 is 16.2 Å². The SMILES string of the molecule is Cn1ccc(CNc2cc(N)ccc2C(=O)O)n1. The monoisotopic (exact) mass is 246 g/mol. The minimum absolute atomic E-state index is 0.195. The van der Waals surface area contributed by atoms with E-state index in [4.69, 9.17) is 10.8 Å². The summed E-state index contributed by atoms with van der Waals surface area (Å²) in [5.41, 5.74) is 7.68. The lowest BCUT2D eigenvalue weighted by atomic mass is 10.1. The van der Waals surface area contributed by atoms with Gasteiger partial charge in [-0.15, -0.1) is 0 Å². The van der Waals surface area contributed by atoms with E-state index in [1.54, 1.807) is 16.8 Å². The van der Waals surface area contributed by atoms with Crippen molar-refractivity contribution in [3.63, 3.8) is 0 Å². The smallest absolute Gasteiger partial charge is 0.337 e. The quantitative estimate of drug-likeness (QED) is 0.707. The molecule has 4 N–H and O–H groups in total. The van der Waals surface area contributed by atoms with Gasteiger partial charge in [-0.2, -0.15) is 5.10 Å². The molecule has 0 spiro atoms. The van der Waals surface area contributed by atoms with Crippen LogP contribution in [0.5, 0.6) is 0 Å². The fraction of sp³-hybridized carbons (Fsp3) is 0.167. The number of carbonyl (C=O) groups is 1. The summed E-state index contributed by atoms with van der Waals surface area (Å²) in [6.45, 7) is 0.449. The Balaban J connectivity index is 2.17. The summed E-state index contributed by atoms with van der Waals surface area (Å²) in [4.78, 5) is 11.0. The van der Waals surface area contributed by atoms with Gasteiger partial charge >= 0.3 is 5.97 Å². The van der Waals surface area contributed by atoms with Gasteiger partial charge in [0.15, 0.2) is 0 Å². The molecule has 0 bridgehead atoms. The molecule has 1 heterocycles. The minimum atomic E-state index is -0.987. The third kappa shape index (κ3) is 2.60. The lowest BCUT2D eigenvalue weighted by Crippen LogP contribution is -2.07. The highest BCUT2D eigenvalue weighted by Gasteiger charge is 2.10. The van der Waals surface area contributed by atoms with Crippen LogP contribution in [-0.4, -0.2) is 20.9 Å². The number of carboxylic acid groups (broad SMARTS) is 1. The topological polar surface area (TPSA) is 93.2 Å². The van der Waals surface area contributed by atoms with E-state index in [0.29, 0.717) is 17.9 Å². The Labute approximate surface area is 104 Å². The molecule has 1 aromatic carbocycles. The Kier molecular flexibility index (Phi) is 3.18. The first-order chi connectivity index (χ1) is 8.56. The van der Waals surface area contributed by atoms with E-state index in [9.17, 15) is 4.79 Å². The third-order valence-corrected chi connectivity index (χ3v) is 2.50. The molecule has 0 saturated carbocycles. The molecule has 0 atom stereocenters. The molecule has 2 aromatic rings. The Hall–Kier alpha value is -2.50. The first-order valence-corrected chi connectivity index (χ1v) is 5.41. The van der Waals surface area contributed by atoms with Crippen molar-refractivity contribution in [1.29, 1.82) is 0 Å². The fourth-order valence-electron chi connectivity index (χ4n) is 1.64. The van der Waals surface area contributed by atoms with Crippen LogP contribution in [-0.2, 0) is 13.6 Å². The number of anilines is 2. The highest BCUT2D eigenvalue weighted by molar-refractivity contribution is 5.95. The maximum atomic E-state index is 11.0. The molecule has 6 heteroatoms. The van der Waals surface area contributed by atoms with Crippen LogP contribution in [0.2, 0.25) is 0 Å². The Morgan fingerprint density at radius 1 is 1.50 bits per heavy atom. The molecule has 94 valence electrons. The molecule has 1 aromatic heterocycles. The van der Waals surface area contributed by atoms with E-state index in [1.165, 1.54) is 6.07 Å². The zero-order valence-electron chi connectivity index (χ0n) is 9.92. The number of hydrogen-bond acceptors (Lipinski definition) is 4. The van der Waals surface area contributed by atoms with Crippen LogP contribution < -0.4 is 11.1 Å². The lowest BCUT2D eigenvalue weighted by Gasteiger charge is -2.09. The standard InChI is InChI=1S/C12H14N4O2/c1-16-5-4-9(15-16)7-14-11-6-8(13)2-3-10(11)12(17)18/h2-6,14H,7,13H2,1H3,(H,17,18). The summed E-state index contributed by atoms with van der Waals surface area (Å²) in [7, 11) is 1.83. The maximum Gasteiger partial charge on any atom is 0.337 e. The van der Waals surface area contributed by atoms with Gasteiger partial charge in [0.25, 0.3) is 0 Å². The summed E-state index contributed by atoms with van der Waals surface area (Å²) in [5, 5.41) is 16.3. The largest absolute Gasteiger partial charge is 0.478 e. The van der Waals surface area contributed by atoms with Gasteiger partial charge in [-0.1, -0.05) is 0 Å². The van der Waals surface area contributed by atoms with Crippen molar-refractivity contribution in [2.24, 2.45) is 7.05 Å². The fourth-order valence-corrected chi connectivity index (χ4v) is 1.64. The zero-order valence-corrected chi connectivity index (χ0v) is 9.92. The van der Waals surface area contributed by atoms with E-state index in [-0.39, 0.29) is 5.56 Å². The second-order valence-corrected chi connectivity index (χ2v) is 3.94. The molecule has 0 saturated heterocycles. The second-order valence-electron chi connectivity index (χ2n) is 3.94. The molecule has 0 aliphatic carbocycles. The number of nitrogens with zero attached hydrogens (tertiary/aromatic N) is 2. The molecular weight excluding hydrogens is 232 g/mol. The van der Waals surface area contributed by atoms with Crippen molar-refractivity contribution in [2.75, 3.05) is 11.1 Å². The number of carboxylic acids is 1. The average molecular weight is 246 g/mol. The van der Waals surface area contributed by atoms with Crippen molar-refractivity contribution in [1.82, 2.24) is 9.78 Å². The van der Waals surface area contributed by atoms with Crippen LogP contribution in [0, 0.1) is 0 Å². The molecule has 0 unspecified atom stereocenters. The normalized spacial score (nSPS) is 10.3. The highest BCUT2D eigenvalue weighted by atomic mass is 16.4. The summed E-state index contributed by atoms with van der Waals surface area (Å²) < 4.78 is 1.69. The Morgan fingerprint density at radius 3 is 2.89 bits per heavy atom. The predicted molar refractivity (Wildman–Crippen MR) is 68.3 cm³/mol. The van der Waals surface area contributed by atoms with Crippen molar-refractivity contribution in [2.45, 2.75) is 6.54 Å². The highest BCUT2D eigenvalue weighted by Crippen LogP contribution is 2.19. The lowest BCUT2D eigenvalue weighted by molar-refractivity contribution is 0.0698. The van der Waals surface area contributed by atoms with Crippen molar-refractivity contribution in [3.05, 3.63) is 41.7 Å². The number of nitrogens with two attached hydrogens (primary N) is 1. The van der Waals surface area contributed by atoms with E-state index in [0.717, 1.165) is 5.69 Å². The van der Waals surface area contributed by atoms with Crippen LogP contribution in [0.15, 0.2) is 30.5 Å². The second kappa shape index (κ2) is 4.79. The van der Waals surface area contributed by atoms with Crippen molar-refractivity contribution in [3.8, 4) is 0 Å². The summed E-state index contributed by atoms with van der Waals surface area (Å²) in [6.07, 6.45) is 1.83. The molecule has 0 aliphatic rings. The number of aromatic nitrogens is 2. The maximum absolute atomic E-state index is 11.0. The molecule has 18 heavy (non-hydrogen) atoms. The Morgan fingerprint density at radius 2 is 2.28 bits per heavy atom. The van der Waals surface area contributed by atoms with Crippen molar-refractivity contribution >= 4 is 17.3 Å².